The molecule has 16 nitrogen and oxygen atoms in total. The monoisotopic (exact) mass is 947 g/mol. The van der Waals surface area contributed by atoms with Crippen molar-refractivity contribution in [3.63, 3.8) is 0 Å². The van der Waals surface area contributed by atoms with Gasteiger partial charge in [-0.15, -0.1) is 10.2 Å². The number of carboxylic acid groups (broad SMARTS) is 1. The molecule has 5 rings (SSSR count). The van der Waals surface area contributed by atoms with Crippen molar-refractivity contribution in [3.8, 4) is 28.6 Å². The van der Waals surface area contributed by atoms with E-state index in [2.05, 4.69) is 20.1 Å². The number of amides is 1. The smallest absolute Gasteiger partial charge is 0.408 e. The molecule has 310 valence electrons. The van der Waals surface area contributed by atoms with E-state index < -0.39 is 47.5 Å². The number of rotatable bonds is 17. The molecule has 2 N–H and O–H groups in total. The fourth-order valence-corrected chi connectivity index (χ4v) is 10.7. The van der Waals surface area contributed by atoms with E-state index >= 15 is 8.42 Å². The van der Waals surface area contributed by atoms with Gasteiger partial charge in [0.1, 0.15) is 27.0 Å². The molecule has 5 aromatic rings. The SMILES string of the molecule is COc1ccc(CN(Cc2ccc(OC)cc2)S(=O)(=O)c2c(S(=O)(=O)NCC(C)N(C(=O)O)C(C)(C)C)ccc(I)c2-c2nnn(Cc3ccc(OC)cc3)n2)cc1. The molecule has 0 saturated heterocycles. The first-order valence-corrected chi connectivity index (χ1v) is 21.9. The molecular formula is C39H46IN7O9S2. The van der Waals surface area contributed by atoms with Gasteiger partial charge in [-0.05, 0) is 121 Å². The van der Waals surface area contributed by atoms with Crippen LogP contribution in [0.25, 0.3) is 11.4 Å². The van der Waals surface area contributed by atoms with Crippen LogP contribution in [-0.4, -0.2) is 96.9 Å². The third-order valence-electron chi connectivity index (χ3n) is 9.09. The van der Waals surface area contributed by atoms with Gasteiger partial charge in [0.2, 0.25) is 25.9 Å². The minimum Gasteiger partial charge on any atom is -0.497 e. The van der Waals surface area contributed by atoms with Crippen LogP contribution < -0.4 is 18.9 Å². The van der Waals surface area contributed by atoms with Crippen LogP contribution in [0.15, 0.2) is 94.7 Å². The van der Waals surface area contributed by atoms with E-state index in [1.807, 2.05) is 34.7 Å². The molecule has 0 saturated carbocycles. The van der Waals surface area contributed by atoms with Crippen molar-refractivity contribution in [2.75, 3.05) is 27.9 Å². The van der Waals surface area contributed by atoms with Crippen molar-refractivity contribution in [2.45, 2.75) is 68.7 Å². The minimum atomic E-state index is -4.78. The Morgan fingerprint density at radius 2 is 1.29 bits per heavy atom. The number of methoxy groups -OCH3 is 3. The van der Waals surface area contributed by atoms with Crippen molar-refractivity contribution < 1.29 is 40.9 Å². The predicted molar refractivity (Wildman–Crippen MR) is 225 cm³/mol. The summed E-state index contributed by atoms with van der Waals surface area (Å²) in [5, 5.41) is 23.0. The first kappa shape index (κ1) is 44.3. The van der Waals surface area contributed by atoms with Gasteiger partial charge in [-0.25, -0.2) is 26.4 Å². The summed E-state index contributed by atoms with van der Waals surface area (Å²) in [6.45, 7) is 6.13. The van der Waals surface area contributed by atoms with E-state index in [0.717, 1.165) is 10.5 Å². The maximum absolute atomic E-state index is 15.4. The van der Waals surface area contributed by atoms with Crippen LogP contribution in [0.3, 0.4) is 0 Å². The second-order valence-corrected chi connectivity index (χ2v) is 19.0. The summed E-state index contributed by atoms with van der Waals surface area (Å²) in [5.74, 6) is 1.67. The zero-order chi connectivity index (χ0) is 42.4. The van der Waals surface area contributed by atoms with Gasteiger partial charge in [-0.2, -0.15) is 9.10 Å². The van der Waals surface area contributed by atoms with Gasteiger partial charge in [0.15, 0.2) is 0 Å². The molecule has 4 aromatic carbocycles. The van der Waals surface area contributed by atoms with Crippen LogP contribution in [0, 0.1) is 3.57 Å². The summed E-state index contributed by atoms with van der Waals surface area (Å²) in [7, 11) is -4.85. The van der Waals surface area contributed by atoms with E-state index in [0.29, 0.717) is 31.9 Å². The van der Waals surface area contributed by atoms with E-state index in [9.17, 15) is 18.3 Å². The molecule has 1 unspecified atom stereocenters. The number of halogens is 1. The van der Waals surface area contributed by atoms with Crippen LogP contribution in [0.2, 0.25) is 0 Å². The molecule has 19 heteroatoms. The Morgan fingerprint density at radius 1 is 0.810 bits per heavy atom. The van der Waals surface area contributed by atoms with Crippen molar-refractivity contribution in [2.24, 2.45) is 0 Å². The van der Waals surface area contributed by atoms with Crippen LogP contribution in [0.4, 0.5) is 4.79 Å². The second-order valence-electron chi connectivity index (χ2n) is 14.2. The van der Waals surface area contributed by atoms with Crippen molar-refractivity contribution >= 4 is 48.7 Å². The van der Waals surface area contributed by atoms with Crippen LogP contribution in [-0.2, 0) is 39.7 Å². The van der Waals surface area contributed by atoms with E-state index in [1.165, 1.54) is 35.5 Å². The number of hydrogen-bond donors (Lipinski definition) is 2. The molecule has 0 aliphatic rings. The largest absolute Gasteiger partial charge is 0.497 e. The lowest BCUT2D eigenvalue weighted by molar-refractivity contribution is 0.0767. The first-order chi connectivity index (χ1) is 27.4. The highest BCUT2D eigenvalue weighted by molar-refractivity contribution is 14.1. The highest BCUT2D eigenvalue weighted by Gasteiger charge is 2.38. The lowest BCUT2D eigenvalue weighted by Gasteiger charge is -2.38. The van der Waals surface area contributed by atoms with Gasteiger partial charge in [-0.1, -0.05) is 36.4 Å². The van der Waals surface area contributed by atoms with E-state index in [1.54, 1.807) is 95.5 Å². The lowest BCUT2D eigenvalue weighted by Crippen LogP contribution is -2.53. The average Bonchev–Trinajstić information content (AvgIpc) is 3.64. The number of carbonyl (C=O) groups is 1. The number of hydrogen-bond acceptors (Lipinski definition) is 11. The lowest BCUT2D eigenvalue weighted by atomic mass is 10.0. The first-order valence-electron chi connectivity index (χ1n) is 17.9. The predicted octanol–water partition coefficient (Wildman–Crippen LogP) is 5.86. The number of sulfonamides is 2. The van der Waals surface area contributed by atoms with E-state index in [-0.39, 0.29) is 37.6 Å². The molecule has 1 amide bonds. The molecule has 0 fully saturated rings. The van der Waals surface area contributed by atoms with E-state index in [4.69, 9.17) is 14.2 Å². The Hall–Kier alpha value is -4.83. The molecule has 58 heavy (non-hydrogen) atoms. The molecule has 1 aromatic heterocycles. The van der Waals surface area contributed by atoms with Gasteiger partial charge < -0.3 is 19.3 Å². The van der Waals surface area contributed by atoms with Crippen molar-refractivity contribution in [1.82, 2.24) is 34.1 Å². The summed E-state index contributed by atoms with van der Waals surface area (Å²) < 4.78 is 79.7. The van der Waals surface area contributed by atoms with Crippen molar-refractivity contribution in [3.05, 3.63) is 105 Å². The fraction of sp³-hybridized carbons (Fsp3) is 0.333. The van der Waals surface area contributed by atoms with Crippen molar-refractivity contribution in [1.29, 1.82) is 0 Å². The summed E-state index contributed by atoms with van der Waals surface area (Å²) >= 11 is 1.93. The second kappa shape index (κ2) is 18.4. The number of aromatic nitrogens is 4. The summed E-state index contributed by atoms with van der Waals surface area (Å²) in [6, 6.07) is 22.7. The topological polar surface area (TPSA) is 195 Å². The number of benzene rings is 4. The molecule has 0 aliphatic carbocycles. The average molecular weight is 948 g/mol. The van der Waals surface area contributed by atoms with Crippen LogP contribution >= 0.6 is 22.6 Å². The zero-order valence-corrected chi connectivity index (χ0v) is 36.9. The fourth-order valence-electron chi connectivity index (χ4n) is 6.28. The minimum absolute atomic E-state index is 0.0752. The number of ether oxygens (including phenoxy) is 3. The third-order valence-corrected chi connectivity index (χ3v) is 13.5. The van der Waals surface area contributed by atoms with Gasteiger partial charge in [-0.3, -0.25) is 4.90 Å². The zero-order valence-electron chi connectivity index (χ0n) is 33.1. The molecule has 0 bridgehead atoms. The Kier molecular flexibility index (Phi) is 14.0. The quantitative estimate of drug-likeness (QED) is 0.106. The summed E-state index contributed by atoms with van der Waals surface area (Å²) in [4.78, 5) is 13.5. The van der Waals surface area contributed by atoms with Gasteiger partial charge in [0.25, 0.3) is 0 Å². The maximum Gasteiger partial charge on any atom is 0.408 e. The highest BCUT2D eigenvalue weighted by Crippen LogP contribution is 2.38. The molecular weight excluding hydrogens is 902 g/mol. The number of tetrazole rings is 1. The number of nitrogens with one attached hydrogen (secondary N) is 1. The highest BCUT2D eigenvalue weighted by atomic mass is 127. The standard InChI is InChI=1S/C39H46IN7O9S2/c1-26(47(38(48)49)39(2,3)4)22-41-57(50,51)34-21-20-33(40)35(37-42-44-46(43-37)25-29-12-18-32(56-7)19-13-29)36(34)58(52,53)45(23-27-8-14-30(54-5)15-9-27)24-28-10-16-31(55-6)17-11-28/h8-21,26,41H,22-25H2,1-7H3,(H,48,49). The summed E-state index contributed by atoms with van der Waals surface area (Å²) in [5.41, 5.74) is 1.06. The van der Waals surface area contributed by atoms with Crippen LogP contribution in [0.5, 0.6) is 17.2 Å². The molecule has 0 spiro atoms. The molecule has 1 atom stereocenters. The maximum atomic E-state index is 15.4. The van der Waals surface area contributed by atoms with Gasteiger partial charge in [0, 0.05) is 34.8 Å². The van der Waals surface area contributed by atoms with Crippen LogP contribution in [0.1, 0.15) is 44.4 Å². The number of nitrogens with zero attached hydrogens (tertiary/aromatic N) is 6. The van der Waals surface area contributed by atoms with Gasteiger partial charge >= 0.3 is 6.09 Å². The Bertz CT molecular complexity index is 2370. The molecule has 0 radical (unpaired) electrons. The Labute approximate surface area is 352 Å². The Morgan fingerprint density at radius 3 is 1.74 bits per heavy atom. The third kappa shape index (κ3) is 10.4. The van der Waals surface area contributed by atoms with Gasteiger partial charge in [0.05, 0.1) is 33.4 Å². The molecule has 1 heterocycles. The summed E-state index contributed by atoms with van der Waals surface area (Å²) in [6.07, 6.45) is -1.24. The Balaban J connectivity index is 1.68. The molecule has 0 aliphatic heterocycles. The normalized spacial score (nSPS) is 12.6.